The van der Waals surface area contributed by atoms with Gasteiger partial charge in [-0.15, -0.1) is 24.0 Å². The fourth-order valence-corrected chi connectivity index (χ4v) is 2.52. The van der Waals surface area contributed by atoms with Crippen LogP contribution in [0.4, 0.5) is 0 Å². The molecule has 23 heavy (non-hydrogen) atoms. The van der Waals surface area contributed by atoms with Gasteiger partial charge in [-0.3, -0.25) is 9.79 Å². The topological polar surface area (TPSA) is 68.8 Å². The van der Waals surface area contributed by atoms with E-state index in [1.54, 1.807) is 7.05 Å². The van der Waals surface area contributed by atoms with Crippen LogP contribution in [0.1, 0.15) is 46.5 Å². The molecule has 1 heterocycles. The van der Waals surface area contributed by atoms with Gasteiger partial charge in [-0.25, -0.2) is 0 Å². The van der Waals surface area contributed by atoms with Gasteiger partial charge in [0, 0.05) is 19.1 Å². The summed E-state index contributed by atoms with van der Waals surface area (Å²) in [5, 5.41) is 9.21. The molecule has 1 saturated heterocycles. The smallest absolute Gasteiger partial charge is 0.239 e. The highest BCUT2D eigenvalue weighted by molar-refractivity contribution is 14.0. The Bertz CT molecular complexity index is 362. The molecule has 0 radical (unpaired) electrons. The van der Waals surface area contributed by atoms with Gasteiger partial charge >= 0.3 is 0 Å². The van der Waals surface area contributed by atoms with Crippen LogP contribution in [0.5, 0.6) is 0 Å². The Morgan fingerprint density at radius 3 is 2.35 bits per heavy atom. The van der Waals surface area contributed by atoms with Crippen molar-refractivity contribution < 1.29 is 4.79 Å². The van der Waals surface area contributed by atoms with Crippen molar-refractivity contribution in [2.45, 2.75) is 52.0 Å². The number of unbranched alkanes of at least 4 members (excludes halogenated alkanes) is 1. The van der Waals surface area contributed by atoms with Crippen LogP contribution in [0.2, 0.25) is 0 Å². The van der Waals surface area contributed by atoms with E-state index in [1.165, 1.54) is 38.9 Å². The Morgan fingerprint density at radius 2 is 1.78 bits per heavy atom. The van der Waals surface area contributed by atoms with E-state index in [-0.39, 0.29) is 42.0 Å². The zero-order valence-electron chi connectivity index (χ0n) is 15.1. The Labute approximate surface area is 158 Å². The first kappa shape index (κ1) is 22.4. The SMILES string of the molecule is CN=C(NCCCCN1CCCC1)NCC(=O)NC(C)(C)C.I. The highest BCUT2D eigenvalue weighted by Crippen LogP contribution is 2.07. The third kappa shape index (κ3) is 11.6. The van der Waals surface area contributed by atoms with Crippen LogP contribution in [0.3, 0.4) is 0 Å². The van der Waals surface area contributed by atoms with Crippen molar-refractivity contribution in [3.8, 4) is 0 Å². The normalized spacial score (nSPS) is 15.9. The highest BCUT2D eigenvalue weighted by atomic mass is 127. The molecule has 7 heteroatoms. The predicted octanol–water partition coefficient (Wildman–Crippen LogP) is 1.56. The molecule has 1 aliphatic heterocycles. The van der Waals surface area contributed by atoms with Crippen molar-refractivity contribution in [1.82, 2.24) is 20.9 Å². The van der Waals surface area contributed by atoms with E-state index in [9.17, 15) is 4.79 Å². The fourth-order valence-electron chi connectivity index (χ4n) is 2.52. The number of rotatable bonds is 7. The summed E-state index contributed by atoms with van der Waals surface area (Å²) in [5.41, 5.74) is -0.203. The predicted molar refractivity (Wildman–Crippen MR) is 108 cm³/mol. The maximum absolute atomic E-state index is 11.7. The summed E-state index contributed by atoms with van der Waals surface area (Å²) in [6, 6.07) is 0. The number of hydrogen-bond acceptors (Lipinski definition) is 3. The molecule has 0 spiro atoms. The number of amides is 1. The number of halogens is 1. The fraction of sp³-hybridized carbons (Fsp3) is 0.875. The average molecular weight is 439 g/mol. The molecule has 0 saturated carbocycles. The number of likely N-dealkylation sites (tertiary alicyclic amines) is 1. The van der Waals surface area contributed by atoms with Crippen LogP contribution in [-0.4, -0.2) is 62.1 Å². The first-order valence-corrected chi connectivity index (χ1v) is 8.38. The van der Waals surface area contributed by atoms with Crippen LogP contribution in [-0.2, 0) is 4.79 Å². The molecule has 1 fully saturated rings. The van der Waals surface area contributed by atoms with E-state index in [2.05, 4.69) is 25.8 Å². The quantitative estimate of drug-likeness (QED) is 0.244. The number of carbonyl (C=O) groups is 1. The Kier molecular flexibility index (Phi) is 11.6. The molecule has 0 unspecified atom stereocenters. The van der Waals surface area contributed by atoms with E-state index in [4.69, 9.17) is 0 Å². The monoisotopic (exact) mass is 439 g/mol. The van der Waals surface area contributed by atoms with Crippen LogP contribution in [0.25, 0.3) is 0 Å². The summed E-state index contributed by atoms with van der Waals surface area (Å²) in [4.78, 5) is 18.4. The van der Waals surface area contributed by atoms with Gasteiger partial charge in [0.05, 0.1) is 6.54 Å². The molecule has 1 amide bonds. The minimum atomic E-state index is -0.203. The second-order valence-corrected chi connectivity index (χ2v) is 6.91. The van der Waals surface area contributed by atoms with Gasteiger partial charge < -0.3 is 20.9 Å². The standard InChI is InChI=1S/C16H33N5O.HI/c1-16(2,3)20-14(22)13-19-15(17-4)18-9-5-6-10-21-11-7-8-12-21;/h5-13H2,1-4H3,(H,20,22)(H2,17,18,19);1H. The van der Waals surface area contributed by atoms with Gasteiger partial charge in [0.25, 0.3) is 0 Å². The van der Waals surface area contributed by atoms with E-state index in [0.29, 0.717) is 5.96 Å². The molecule has 1 aliphatic rings. The summed E-state index contributed by atoms with van der Waals surface area (Å²) in [6.07, 6.45) is 5.02. The van der Waals surface area contributed by atoms with E-state index in [0.717, 1.165) is 13.0 Å². The molecule has 0 aromatic heterocycles. The maximum Gasteiger partial charge on any atom is 0.239 e. The summed E-state index contributed by atoms with van der Waals surface area (Å²) in [6.45, 7) is 10.8. The lowest BCUT2D eigenvalue weighted by Crippen LogP contribution is -2.48. The number of nitrogens with zero attached hydrogens (tertiary/aromatic N) is 2. The van der Waals surface area contributed by atoms with Gasteiger partial charge in [-0.1, -0.05) is 0 Å². The van der Waals surface area contributed by atoms with Crippen LogP contribution < -0.4 is 16.0 Å². The van der Waals surface area contributed by atoms with Crippen molar-refractivity contribution in [2.24, 2.45) is 4.99 Å². The lowest BCUT2D eigenvalue weighted by atomic mass is 10.1. The molecule has 0 aromatic carbocycles. The van der Waals surface area contributed by atoms with Crippen molar-refractivity contribution in [3.05, 3.63) is 0 Å². The van der Waals surface area contributed by atoms with Gasteiger partial charge in [-0.2, -0.15) is 0 Å². The highest BCUT2D eigenvalue weighted by Gasteiger charge is 2.13. The van der Waals surface area contributed by atoms with Crippen molar-refractivity contribution in [1.29, 1.82) is 0 Å². The molecular weight excluding hydrogens is 405 g/mol. The third-order valence-corrected chi connectivity index (χ3v) is 3.55. The van der Waals surface area contributed by atoms with Gasteiger partial charge in [-0.05, 0) is 66.1 Å². The maximum atomic E-state index is 11.7. The molecule has 0 atom stereocenters. The summed E-state index contributed by atoms with van der Waals surface area (Å²) in [5.74, 6) is 0.662. The molecule has 6 nitrogen and oxygen atoms in total. The number of carbonyl (C=O) groups excluding carboxylic acids is 1. The molecule has 0 aliphatic carbocycles. The van der Waals surface area contributed by atoms with E-state index >= 15 is 0 Å². The Hall–Kier alpha value is -0.570. The molecule has 1 rings (SSSR count). The lowest BCUT2D eigenvalue weighted by Gasteiger charge is -2.21. The van der Waals surface area contributed by atoms with Crippen LogP contribution in [0.15, 0.2) is 4.99 Å². The van der Waals surface area contributed by atoms with Gasteiger partial charge in [0.1, 0.15) is 0 Å². The van der Waals surface area contributed by atoms with Gasteiger partial charge in [0.15, 0.2) is 5.96 Å². The minimum Gasteiger partial charge on any atom is -0.356 e. The van der Waals surface area contributed by atoms with Crippen molar-refractivity contribution in [2.75, 3.05) is 39.8 Å². The molecule has 0 bridgehead atoms. The largest absolute Gasteiger partial charge is 0.356 e. The molecule has 136 valence electrons. The second-order valence-electron chi connectivity index (χ2n) is 6.91. The minimum absolute atomic E-state index is 0. The summed E-state index contributed by atoms with van der Waals surface area (Å²) < 4.78 is 0. The van der Waals surface area contributed by atoms with Gasteiger partial charge in [0.2, 0.25) is 5.91 Å². The van der Waals surface area contributed by atoms with Crippen LogP contribution in [0, 0.1) is 0 Å². The molecule has 3 N–H and O–H groups in total. The number of nitrogens with one attached hydrogen (secondary N) is 3. The summed E-state index contributed by atoms with van der Waals surface area (Å²) in [7, 11) is 1.72. The zero-order chi connectivity index (χ0) is 16.4. The van der Waals surface area contributed by atoms with E-state index in [1.807, 2.05) is 20.8 Å². The van der Waals surface area contributed by atoms with Crippen molar-refractivity contribution >= 4 is 35.8 Å². The molecular formula is C16H34IN5O. The number of guanidine groups is 1. The molecule has 0 aromatic rings. The lowest BCUT2D eigenvalue weighted by molar-refractivity contribution is -0.121. The number of hydrogen-bond donors (Lipinski definition) is 3. The second kappa shape index (κ2) is 11.9. The average Bonchev–Trinajstić information content (AvgIpc) is 2.93. The zero-order valence-corrected chi connectivity index (χ0v) is 17.4. The van der Waals surface area contributed by atoms with Crippen LogP contribution >= 0.6 is 24.0 Å². The first-order valence-electron chi connectivity index (χ1n) is 8.38. The van der Waals surface area contributed by atoms with E-state index < -0.39 is 0 Å². The Balaban J connectivity index is 0.00000484. The number of aliphatic imine (C=N–C) groups is 1. The summed E-state index contributed by atoms with van der Waals surface area (Å²) >= 11 is 0. The Morgan fingerprint density at radius 1 is 1.13 bits per heavy atom. The third-order valence-electron chi connectivity index (χ3n) is 3.55. The van der Waals surface area contributed by atoms with Crippen molar-refractivity contribution in [3.63, 3.8) is 0 Å². The first-order chi connectivity index (χ1) is 10.4.